The Hall–Kier alpha value is -1.46. The van der Waals surface area contributed by atoms with Crippen LogP contribution in [0.4, 0.5) is 4.39 Å². The minimum atomic E-state index is -1.06. The highest BCUT2D eigenvalue weighted by molar-refractivity contribution is 5.72. The molecule has 1 aromatic carbocycles. The first-order valence-electron chi connectivity index (χ1n) is 4.90. The van der Waals surface area contributed by atoms with Crippen molar-refractivity contribution < 1.29 is 23.8 Å². The first-order valence-corrected chi connectivity index (χ1v) is 4.90. The van der Waals surface area contributed by atoms with E-state index in [1.807, 2.05) is 0 Å². The molecule has 0 aromatic heterocycles. The largest absolute Gasteiger partial charge is 0.479 e. The van der Waals surface area contributed by atoms with Crippen LogP contribution in [0.15, 0.2) is 24.3 Å². The molecule has 1 aliphatic rings. The molecule has 86 valence electrons. The van der Waals surface area contributed by atoms with E-state index in [0.29, 0.717) is 5.56 Å². The number of hydrogen-bond acceptors (Lipinski definition) is 3. The van der Waals surface area contributed by atoms with Gasteiger partial charge in [0.15, 0.2) is 12.4 Å². The van der Waals surface area contributed by atoms with Crippen LogP contribution in [0.3, 0.4) is 0 Å². The Morgan fingerprint density at radius 3 is 2.88 bits per heavy atom. The Morgan fingerprint density at radius 2 is 2.25 bits per heavy atom. The molecule has 2 atom stereocenters. The number of halogens is 1. The van der Waals surface area contributed by atoms with E-state index < -0.39 is 18.4 Å². The summed E-state index contributed by atoms with van der Waals surface area (Å²) >= 11 is 0. The highest BCUT2D eigenvalue weighted by Crippen LogP contribution is 2.18. The molecule has 1 fully saturated rings. The summed E-state index contributed by atoms with van der Waals surface area (Å²) in [5, 5.41) is 8.67. The summed E-state index contributed by atoms with van der Waals surface area (Å²) in [6, 6.07) is 6.27. The standard InChI is InChI=1S/C11H11FO4/c12-8-4-2-1-3-7(8)5-10-15-6-9(16-10)11(13)14/h1-4,9-10H,5-6H2,(H,13,14). The van der Waals surface area contributed by atoms with Crippen LogP contribution in [-0.2, 0) is 20.7 Å². The molecule has 0 amide bonds. The van der Waals surface area contributed by atoms with Crippen LogP contribution >= 0.6 is 0 Å². The molecule has 1 N–H and O–H groups in total. The van der Waals surface area contributed by atoms with Gasteiger partial charge in [0.1, 0.15) is 5.82 Å². The zero-order valence-electron chi connectivity index (χ0n) is 8.43. The van der Waals surface area contributed by atoms with E-state index in [1.54, 1.807) is 18.2 Å². The number of carbonyl (C=O) groups is 1. The molecule has 0 bridgehead atoms. The normalized spacial score (nSPS) is 24.6. The van der Waals surface area contributed by atoms with E-state index >= 15 is 0 Å². The van der Waals surface area contributed by atoms with E-state index in [4.69, 9.17) is 14.6 Å². The molecule has 1 aromatic rings. The Kier molecular flexibility index (Phi) is 3.17. The summed E-state index contributed by atoms with van der Waals surface area (Å²) in [5.74, 6) is -1.40. The fourth-order valence-electron chi connectivity index (χ4n) is 1.54. The second-order valence-electron chi connectivity index (χ2n) is 3.52. The molecule has 2 unspecified atom stereocenters. The van der Waals surface area contributed by atoms with Gasteiger partial charge in [-0.05, 0) is 11.6 Å². The van der Waals surface area contributed by atoms with Crippen LogP contribution in [0.25, 0.3) is 0 Å². The molecule has 1 saturated heterocycles. The molecule has 0 aliphatic carbocycles. The van der Waals surface area contributed by atoms with Crippen molar-refractivity contribution in [2.45, 2.75) is 18.8 Å². The summed E-state index contributed by atoms with van der Waals surface area (Å²) in [6.45, 7) is 0.00839. The van der Waals surface area contributed by atoms with Crippen molar-refractivity contribution in [3.63, 3.8) is 0 Å². The average molecular weight is 226 g/mol. The first kappa shape index (κ1) is 11.0. The molecule has 2 rings (SSSR count). The van der Waals surface area contributed by atoms with Crippen molar-refractivity contribution in [1.29, 1.82) is 0 Å². The molecule has 0 spiro atoms. The highest BCUT2D eigenvalue weighted by Gasteiger charge is 2.31. The second kappa shape index (κ2) is 4.59. The third kappa shape index (κ3) is 2.37. The predicted molar refractivity (Wildman–Crippen MR) is 52.4 cm³/mol. The molecule has 0 saturated carbocycles. The summed E-state index contributed by atoms with van der Waals surface area (Å²) in [4.78, 5) is 10.6. The summed E-state index contributed by atoms with van der Waals surface area (Å²) < 4.78 is 23.5. The second-order valence-corrected chi connectivity index (χ2v) is 3.52. The SMILES string of the molecule is O=C(O)C1COC(Cc2ccccc2F)O1. The lowest BCUT2D eigenvalue weighted by molar-refractivity contribution is -0.150. The van der Waals surface area contributed by atoms with Crippen LogP contribution in [0.2, 0.25) is 0 Å². The molecule has 1 aliphatic heterocycles. The van der Waals surface area contributed by atoms with Crippen LogP contribution in [0.1, 0.15) is 5.56 Å². The molecule has 4 nitrogen and oxygen atoms in total. The topological polar surface area (TPSA) is 55.8 Å². The van der Waals surface area contributed by atoms with Crippen LogP contribution in [0.5, 0.6) is 0 Å². The van der Waals surface area contributed by atoms with Gasteiger partial charge in [-0.25, -0.2) is 9.18 Å². The van der Waals surface area contributed by atoms with Gasteiger partial charge in [-0.3, -0.25) is 0 Å². The zero-order chi connectivity index (χ0) is 11.5. The van der Waals surface area contributed by atoms with Gasteiger partial charge in [0.05, 0.1) is 6.61 Å². The van der Waals surface area contributed by atoms with Gasteiger partial charge in [-0.15, -0.1) is 0 Å². The minimum absolute atomic E-state index is 0.00839. The van der Waals surface area contributed by atoms with Gasteiger partial charge < -0.3 is 14.6 Å². The Balaban J connectivity index is 1.97. The maximum atomic E-state index is 13.3. The number of hydrogen-bond donors (Lipinski definition) is 1. The molecule has 0 radical (unpaired) electrons. The Labute approximate surface area is 91.6 Å². The monoisotopic (exact) mass is 226 g/mol. The van der Waals surface area contributed by atoms with Crippen molar-refractivity contribution in [1.82, 2.24) is 0 Å². The van der Waals surface area contributed by atoms with E-state index in [-0.39, 0.29) is 18.8 Å². The smallest absolute Gasteiger partial charge is 0.335 e. The van der Waals surface area contributed by atoms with Gasteiger partial charge in [0.25, 0.3) is 0 Å². The van der Waals surface area contributed by atoms with E-state index in [1.165, 1.54) is 6.07 Å². The third-order valence-corrected chi connectivity index (χ3v) is 2.37. The lowest BCUT2D eigenvalue weighted by Gasteiger charge is -2.10. The number of ether oxygens (including phenoxy) is 2. The maximum Gasteiger partial charge on any atom is 0.335 e. The molecular weight excluding hydrogens is 215 g/mol. The highest BCUT2D eigenvalue weighted by atomic mass is 19.1. The first-order chi connectivity index (χ1) is 7.66. The lowest BCUT2D eigenvalue weighted by Crippen LogP contribution is -2.23. The number of carboxylic acids is 1. The number of benzene rings is 1. The number of rotatable bonds is 3. The zero-order valence-corrected chi connectivity index (χ0v) is 8.43. The van der Waals surface area contributed by atoms with Crippen molar-refractivity contribution >= 4 is 5.97 Å². The van der Waals surface area contributed by atoms with E-state index in [2.05, 4.69) is 0 Å². The van der Waals surface area contributed by atoms with Gasteiger partial charge >= 0.3 is 5.97 Å². The van der Waals surface area contributed by atoms with E-state index in [9.17, 15) is 9.18 Å². The molecule has 16 heavy (non-hydrogen) atoms. The van der Waals surface area contributed by atoms with Crippen LogP contribution in [0, 0.1) is 5.82 Å². The minimum Gasteiger partial charge on any atom is -0.479 e. The van der Waals surface area contributed by atoms with Crippen LogP contribution in [-0.4, -0.2) is 30.1 Å². The van der Waals surface area contributed by atoms with E-state index in [0.717, 1.165) is 0 Å². The van der Waals surface area contributed by atoms with Gasteiger partial charge in [0, 0.05) is 6.42 Å². The molecule has 1 heterocycles. The fourth-order valence-corrected chi connectivity index (χ4v) is 1.54. The van der Waals surface area contributed by atoms with Crippen molar-refractivity contribution in [3.8, 4) is 0 Å². The van der Waals surface area contributed by atoms with Gasteiger partial charge in [-0.2, -0.15) is 0 Å². The average Bonchev–Trinajstić information content (AvgIpc) is 2.70. The Morgan fingerprint density at radius 1 is 1.50 bits per heavy atom. The van der Waals surface area contributed by atoms with Crippen molar-refractivity contribution in [3.05, 3.63) is 35.6 Å². The lowest BCUT2D eigenvalue weighted by atomic mass is 10.1. The molecular formula is C11H11FO4. The number of carboxylic acid groups (broad SMARTS) is 1. The predicted octanol–water partition coefficient (Wildman–Crippen LogP) is 1.19. The quantitative estimate of drug-likeness (QED) is 0.841. The van der Waals surface area contributed by atoms with Crippen LogP contribution < -0.4 is 0 Å². The van der Waals surface area contributed by atoms with Crippen molar-refractivity contribution in [2.75, 3.05) is 6.61 Å². The summed E-state index contributed by atoms with van der Waals surface area (Å²) in [7, 11) is 0. The number of aliphatic carboxylic acids is 1. The third-order valence-electron chi connectivity index (χ3n) is 2.37. The maximum absolute atomic E-state index is 13.3. The van der Waals surface area contributed by atoms with Gasteiger partial charge in [0.2, 0.25) is 0 Å². The molecule has 5 heteroatoms. The summed E-state index contributed by atoms with van der Waals surface area (Å²) in [6.07, 6.45) is -1.41. The van der Waals surface area contributed by atoms with Crippen molar-refractivity contribution in [2.24, 2.45) is 0 Å². The van der Waals surface area contributed by atoms with Gasteiger partial charge in [-0.1, -0.05) is 18.2 Å². The summed E-state index contributed by atoms with van der Waals surface area (Å²) in [5.41, 5.74) is 0.457. The fraction of sp³-hybridized carbons (Fsp3) is 0.364. The Bertz CT molecular complexity index is 393.